The maximum atomic E-state index is 12.8. The molecule has 5 heteroatoms. The van der Waals surface area contributed by atoms with Crippen LogP contribution in [-0.2, 0) is 12.8 Å². The Bertz CT molecular complexity index is 708. The average Bonchev–Trinajstić information content (AvgIpc) is 3.08. The van der Waals surface area contributed by atoms with Gasteiger partial charge in [-0.15, -0.1) is 0 Å². The van der Waals surface area contributed by atoms with Crippen molar-refractivity contribution in [3.63, 3.8) is 0 Å². The third kappa shape index (κ3) is 2.83. The number of carbonyl (C=O) groups is 1. The smallest absolute Gasteiger partial charge is 0.291 e. The van der Waals surface area contributed by atoms with E-state index in [1.165, 1.54) is 17.5 Å². The van der Waals surface area contributed by atoms with Crippen LogP contribution in [0.1, 0.15) is 53.2 Å². The molecule has 1 atom stereocenters. The predicted octanol–water partition coefficient (Wildman–Crippen LogP) is 3.40. The number of amides is 1. The van der Waals surface area contributed by atoms with Crippen molar-refractivity contribution in [3.8, 4) is 5.75 Å². The first-order chi connectivity index (χ1) is 11.2. The van der Waals surface area contributed by atoms with Crippen LogP contribution in [0.15, 0.2) is 29.0 Å². The van der Waals surface area contributed by atoms with Crippen LogP contribution in [0, 0.1) is 0 Å². The molecule has 0 fully saturated rings. The molecular weight excluding hydrogens is 292 g/mol. The zero-order valence-electron chi connectivity index (χ0n) is 13.8. The van der Waals surface area contributed by atoms with E-state index in [9.17, 15) is 4.79 Å². The van der Waals surface area contributed by atoms with E-state index >= 15 is 0 Å². The van der Waals surface area contributed by atoms with Crippen LogP contribution in [0.3, 0.4) is 0 Å². The predicted molar refractivity (Wildman–Crippen MR) is 86.6 cm³/mol. The summed E-state index contributed by atoms with van der Waals surface area (Å²) in [7, 11) is 3.52. The first-order valence-electron chi connectivity index (χ1n) is 8.02. The molecule has 122 valence electrons. The Morgan fingerprint density at radius 1 is 1.48 bits per heavy atom. The van der Waals surface area contributed by atoms with Crippen molar-refractivity contribution in [2.24, 2.45) is 0 Å². The molecule has 3 rings (SSSR count). The van der Waals surface area contributed by atoms with Gasteiger partial charge in [0.15, 0.2) is 6.39 Å². The van der Waals surface area contributed by atoms with Crippen LogP contribution < -0.4 is 4.74 Å². The fraction of sp³-hybridized carbons (Fsp3) is 0.444. The van der Waals surface area contributed by atoms with Gasteiger partial charge in [0.2, 0.25) is 5.76 Å². The topological polar surface area (TPSA) is 55.6 Å². The number of ether oxygens (including phenoxy) is 1. The molecule has 1 aromatic carbocycles. The summed E-state index contributed by atoms with van der Waals surface area (Å²) in [5, 5.41) is 0. The fourth-order valence-corrected chi connectivity index (χ4v) is 3.29. The summed E-state index contributed by atoms with van der Waals surface area (Å²) in [4.78, 5) is 18.7. The Labute approximate surface area is 136 Å². The second-order valence-electron chi connectivity index (χ2n) is 5.87. The molecule has 1 aromatic heterocycles. The number of hydrogen-bond donors (Lipinski definition) is 0. The van der Waals surface area contributed by atoms with Gasteiger partial charge in [0.05, 0.1) is 18.8 Å². The maximum Gasteiger partial charge on any atom is 0.291 e. The molecule has 1 amide bonds. The molecule has 0 saturated carbocycles. The first-order valence-corrected chi connectivity index (χ1v) is 8.02. The minimum atomic E-state index is -0.104. The standard InChI is InChI=1S/C18H22N2O3/c1-4-15-17(23-11-19-15)18(21)20(2)16-7-5-6-12-10-13(22-3)8-9-14(12)16/h8-11,16H,4-7H2,1-3H3. The number of benzene rings is 1. The monoisotopic (exact) mass is 314 g/mol. The number of nitrogens with zero attached hydrogens (tertiary/aromatic N) is 2. The molecule has 0 aliphatic heterocycles. The van der Waals surface area contributed by atoms with E-state index in [-0.39, 0.29) is 11.9 Å². The van der Waals surface area contributed by atoms with Crippen molar-refractivity contribution in [1.82, 2.24) is 9.88 Å². The Morgan fingerprint density at radius 3 is 3.04 bits per heavy atom. The van der Waals surface area contributed by atoms with Crippen LogP contribution in [0.2, 0.25) is 0 Å². The van der Waals surface area contributed by atoms with E-state index in [0.29, 0.717) is 17.9 Å². The second kappa shape index (κ2) is 6.44. The molecule has 0 radical (unpaired) electrons. The molecule has 0 spiro atoms. The van der Waals surface area contributed by atoms with Crippen molar-refractivity contribution in [2.45, 2.75) is 38.6 Å². The highest BCUT2D eigenvalue weighted by molar-refractivity contribution is 5.92. The van der Waals surface area contributed by atoms with Crippen LogP contribution in [0.25, 0.3) is 0 Å². The minimum absolute atomic E-state index is 0.0620. The Hall–Kier alpha value is -2.30. The van der Waals surface area contributed by atoms with E-state index in [1.807, 2.05) is 20.0 Å². The molecule has 0 saturated heterocycles. The molecular formula is C18H22N2O3. The fourth-order valence-electron chi connectivity index (χ4n) is 3.29. The number of oxazole rings is 1. The van der Waals surface area contributed by atoms with Gasteiger partial charge in [-0.1, -0.05) is 13.0 Å². The lowest BCUT2D eigenvalue weighted by atomic mass is 9.86. The molecule has 23 heavy (non-hydrogen) atoms. The normalized spacial score (nSPS) is 16.7. The maximum absolute atomic E-state index is 12.8. The number of aryl methyl sites for hydroxylation is 2. The third-order valence-corrected chi connectivity index (χ3v) is 4.59. The lowest BCUT2D eigenvalue weighted by Crippen LogP contribution is -2.33. The number of fused-ring (bicyclic) bond motifs is 1. The molecule has 1 aliphatic carbocycles. The van der Waals surface area contributed by atoms with Crippen molar-refractivity contribution in [3.05, 3.63) is 47.2 Å². The molecule has 5 nitrogen and oxygen atoms in total. The van der Waals surface area contributed by atoms with Crippen molar-refractivity contribution < 1.29 is 13.9 Å². The van der Waals surface area contributed by atoms with E-state index in [0.717, 1.165) is 25.0 Å². The van der Waals surface area contributed by atoms with Gasteiger partial charge in [-0.05, 0) is 48.9 Å². The second-order valence-corrected chi connectivity index (χ2v) is 5.87. The van der Waals surface area contributed by atoms with E-state index in [2.05, 4.69) is 17.1 Å². The molecule has 1 aliphatic rings. The third-order valence-electron chi connectivity index (χ3n) is 4.59. The van der Waals surface area contributed by atoms with Gasteiger partial charge < -0.3 is 14.1 Å². The first kappa shape index (κ1) is 15.6. The number of carbonyl (C=O) groups excluding carboxylic acids is 1. The highest BCUT2D eigenvalue weighted by Gasteiger charge is 2.30. The highest BCUT2D eigenvalue weighted by Crippen LogP contribution is 2.36. The van der Waals surface area contributed by atoms with Gasteiger partial charge in [-0.2, -0.15) is 0 Å². The van der Waals surface area contributed by atoms with Crippen molar-refractivity contribution in [2.75, 3.05) is 14.2 Å². The van der Waals surface area contributed by atoms with Gasteiger partial charge in [0.1, 0.15) is 5.75 Å². The van der Waals surface area contributed by atoms with Gasteiger partial charge >= 0.3 is 0 Å². The lowest BCUT2D eigenvalue weighted by Gasteiger charge is -2.33. The Kier molecular flexibility index (Phi) is 4.37. The van der Waals surface area contributed by atoms with E-state index in [1.54, 1.807) is 12.0 Å². The summed E-state index contributed by atoms with van der Waals surface area (Å²) in [6.07, 6.45) is 5.06. The van der Waals surface area contributed by atoms with Crippen LogP contribution in [0.4, 0.5) is 0 Å². The zero-order valence-corrected chi connectivity index (χ0v) is 13.8. The molecule has 0 N–H and O–H groups in total. The van der Waals surface area contributed by atoms with Gasteiger partial charge in [0.25, 0.3) is 5.91 Å². The zero-order chi connectivity index (χ0) is 16.4. The lowest BCUT2D eigenvalue weighted by molar-refractivity contribution is 0.0681. The van der Waals surface area contributed by atoms with E-state index < -0.39 is 0 Å². The minimum Gasteiger partial charge on any atom is -0.497 e. The Balaban J connectivity index is 1.89. The summed E-state index contributed by atoms with van der Waals surface area (Å²) in [6.45, 7) is 1.97. The molecule has 0 bridgehead atoms. The number of rotatable bonds is 4. The summed E-state index contributed by atoms with van der Waals surface area (Å²) in [5.41, 5.74) is 3.17. The summed E-state index contributed by atoms with van der Waals surface area (Å²) < 4.78 is 10.6. The molecule has 1 unspecified atom stereocenters. The molecule has 1 heterocycles. The number of methoxy groups -OCH3 is 1. The number of hydrogen-bond acceptors (Lipinski definition) is 4. The highest BCUT2D eigenvalue weighted by atomic mass is 16.5. The SMILES string of the molecule is CCc1ncoc1C(=O)N(C)C1CCCc2cc(OC)ccc21. The van der Waals surface area contributed by atoms with Crippen LogP contribution in [0.5, 0.6) is 5.75 Å². The van der Waals surface area contributed by atoms with Crippen LogP contribution >= 0.6 is 0 Å². The van der Waals surface area contributed by atoms with Crippen molar-refractivity contribution >= 4 is 5.91 Å². The average molecular weight is 314 g/mol. The van der Waals surface area contributed by atoms with Crippen molar-refractivity contribution in [1.29, 1.82) is 0 Å². The largest absolute Gasteiger partial charge is 0.497 e. The van der Waals surface area contributed by atoms with Crippen LogP contribution in [-0.4, -0.2) is 29.9 Å². The van der Waals surface area contributed by atoms with E-state index in [4.69, 9.17) is 9.15 Å². The van der Waals surface area contributed by atoms with Gasteiger partial charge in [0, 0.05) is 7.05 Å². The summed E-state index contributed by atoms with van der Waals surface area (Å²) >= 11 is 0. The molecule has 2 aromatic rings. The summed E-state index contributed by atoms with van der Waals surface area (Å²) in [6, 6.07) is 6.17. The van der Waals surface area contributed by atoms with Gasteiger partial charge in [-0.25, -0.2) is 4.98 Å². The quantitative estimate of drug-likeness (QED) is 0.868. The van der Waals surface area contributed by atoms with Gasteiger partial charge in [-0.3, -0.25) is 4.79 Å². The Morgan fingerprint density at radius 2 is 2.30 bits per heavy atom. The number of aromatic nitrogens is 1. The summed E-state index contributed by atoms with van der Waals surface area (Å²) in [5.74, 6) is 1.12.